The van der Waals surface area contributed by atoms with Crippen molar-refractivity contribution >= 4 is 0 Å². The highest BCUT2D eigenvalue weighted by molar-refractivity contribution is 5.30. The highest BCUT2D eigenvalue weighted by Crippen LogP contribution is 2.22. The molecule has 0 bridgehead atoms. The average molecular weight is 250 g/mol. The summed E-state index contributed by atoms with van der Waals surface area (Å²) in [4.78, 5) is 2.28. The van der Waals surface area contributed by atoms with Gasteiger partial charge in [0.25, 0.3) is 0 Å². The van der Waals surface area contributed by atoms with Gasteiger partial charge in [-0.1, -0.05) is 31.2 Å². The summed E-state index contributed by atoms with van der Waals surface area (Å²) < 4.78 is 5.41. The molecule has 1 unspecified atom stereocenters. The molecule has 0 radical (unpaired) electrons. The highest BCUT2D eigenvalue weighted by atomic mass is 16.5. The summed E-state index contributed by atoms with van der Waals surface area (Å²) in [5, 5.41) is 0. The smallest absolute Gasteiger partial charge is 0.0593 e. The second-order valence-electron chi connectivity index (χ2n) is 4.48. The first kappa shape index (κ1) is 15.2. The molecule has 0 saturated heterocycles. The van der Waals surface area contributed by atoms with Gasteiger partial charge in [-0.3, -0.25) is 4.90 Å². The number of hydrogen-bond acceptors (Lipinski definition) is 3. The van der Waals surface area contributed by atoms with Crippen LogP contribution in [-0.4, -0.2) is 38.3 Å². The third kappa shape index (κ3) is 4.09. The SMILES string of the molecule is CCOCCN(C)C(CN)c1ccccc1CC. The fraction of sp³-hybridized carbons (Fsp3) is 0.600. The molecule has 3 nitrogen and oxygen atoms in total. The molecule has 2 N–H and O–H groups in total. The minimum atomic E-state index is 0.279. The van der Waals surface area contributed by atoms with E-state index in [-0.39, 0.29) is 6.04 Å². The third-order valence-electron chi connectivity index (χ3n) is 3.34. The molecule has 0 fully saturated rings. The van der Waals surface area contributed by atoms with E-state index in [1.54, 1.807) is 0 Å². The van der Waals surface area contributed by atoms with Gasteiger partial charge in [0.05, 0.1) is 6.61 Å². The molecule has 0 aromatic heterocycles. The van der Waals surface area contributed by atoms with Gasteiger partial charge in [0.2, 0.25) is 0 Å². The van der Waals surface area contributed by atoms with Crippen molar-refractivity contribution in [2.45, 2.75) is 26.3 Å². The van der Waals surface area contributed by atoms with E-state index in [1.165, 1.54) is 11.1 Å². The quantitative estimate of drug-likeness (QED) is 0.719. The lowest BCUT2D eigenvalue weighted by Crippen LogP contribution is -2.33. The van der Waals surface area contributed by atoms with Crippen LogP contribution in [0, 0.1) is 0 Å². The number of hydrogen-bond donors (Lipinski definition) is 1. The number of ether oxygens (including phenoxy) is 1. The number of likely N-dealkylation sites (N-methyl/N-ethyl adjacent to an activating group) is 1. The van der Waals surface area contributed by atoms with Gasteiger partial charge in [0.15, 0.2) is 0 Å². The van der Waals surface area contributed by atoms with Crippen molar-refractivity contribution in [3.05, 3.63) is 35.4 Å². The van der Waals surface area contributed by atoms with Crippen LogP contribution in [0.3, 0.4) is 0 Å². The molecule has 0 heterocycles. The second-order valence-corrected chi connectivity index (χ2v) is 4.48. The van der Waals surface area contributed by atoms with E-state index in [0.29, 0.717) is 6.54 Å². The molecule has 0 aliphatic heterocycles. The average Bonchev–Trinajstić information content (AvgIpc) is 2.40. The van der Waals surface area contributed by atoms with E-state index in [4.69, 9.17) is 10.5 Å². The lowest BCUT2D eigenvalue weighted by atomic mass is 9.97. The number of aryl methyl sites for hydroxylation is 1. The summed E-state index contributed by atoms with van der Waals surface area (Å²) >= 11 is 0. The molecule has 102 valence electrons. The zero-order chi connectivity index (χ0) is 13.4. The topological polar surface area (TPSA) is 38.5 Å². The van der Waals surface area contributed by atoms with E-state index in [1.807, 2.05) is 6.92 Å². The minimum absolute atomic E-state index is 0.279. The predicted octanol–water partition coefficient (Wildman–Crippen LogP) is 2.22. The van der Waals surface area contributed by atoms with E-state index in [0.717, 1.165) is 26.2 Å². The van der Waals surface area contributed by atoms with Crippen LogP contribution in [0.15, 0.2) is 24.3 Å². The van der Waals surface area contributed by atoms with Crippen molar-refractivity contribution in [2.24, 2.45) is 5.73 Å². The number of rotatable bonds is 8. The van der Waals surface area contributed by atoms with Crippen molar-refractivity contribution in [2.75, 3.05) is 33.4 Å². The van der Waals surface area contributed by atoms with Crippen LogP contribution in [0.4, 0.5) is 0 Å². The van der Waals surface area contributed by atoms with Gasteiger partial charge in [-0.25, -0.2) is 0 Å². The fourth-order valence-corrected chi connectivity index (χ4v) is 2.23. The Kier molecular flexibility index (Phi) is 6.94. The summed E-state index contributed by atoms with van der Waals surface area (Å²) in [6, 6.07) is 8.84. The monoisotopic (exact) mass is 250 g/mol. The predicted molar refractivity (Wildman–Crippen MR) is 76.7 cm³/mol. The number of nitrogens with two attached hydrogens (primary N) is 1. The molecular weight excluding hydrogens is 224 g/mol. The summed E-state index contributed by atoms with van der Waals surface area (Å²) in [6.45, 7) is 7.29. The Morgan fingerprint density at radius 1 is 1.28 bits per heavy atom. The maximum Gasteiger partial charge on any atom is 0.0593 e. The Morgan fingerprint density at radius 2 is 2.00 bits per heavy atom. The van der Waals surface area contributed by atoms with Gasteiger partial charge < -0.3 is 10.5 Å². The Morgan fingerprint density at radius 3 is 2.61 bits per heavy atom. The van der Waals surface area contributed by atoms with Crippen molar-refractivity contribution in [3.8, 4) is 0 Å². The van der Waals surface area contributed by atoms with Crippen LogP contribution in [0.1, 0.15) is 31.0 Å². The van der Waals surface area contributed by atoms with Crippen LogP contribution in [0.5, 0.6) is 0 Å². The molecule has 1 aromatic rings. The molecule has 0 spiro atoms. The largest absolute Gasteiger partial charge is 0.380 e. The van der Waals surface area contributed by atoms with Crippen LogP contribution < -0.4 is 5.73 Å². The van der Waals surface area contributed by atoms with Crippen molar-refractivity contribution in [1.29, 1.82) is 0 Å². The lowest BCUT2D eigenvalue weighted by molar-refractivity contribution is 0.108. The van der Waals surface area contributed by atoms with E-state index >= 15 is 0 Å². The Hall–Kier alpha value is -0.900. The van der Waals surface area contributed by atoms with Gasteiger partial charge in [-0.15, -0.1) is 0 Å². The van der Waals surface area contributed by atoms with Gasteiger partial charge >= 0.3 is 0 Å². The molecule has 18 heavy (non-hydrogen) atoms. The second kappa shape index (κ2) is 8.25. The fourth-order valence-electron chi connectivity index (χ4n) is 2.23. The van der Waals surface area contributed by atoms with Crippen LogP contribution in [0.2, 0.25) is 0 Å². The summed E-state index contributed by atoms with van der Waals surface area (Å²) in [6.07, 6.45) is 1.05. The van der Waals surface area contributed by atoms with Crippen LogP contribution >= 0.6 is 0 Å². The van der Waals surface area contributed by atoms with E-state index in [2.05, 4.69) is 43.1 Å². The highest BCUT2D eigenvalue weighted by Gasteiger charge is 2.17. The van der Waals surface area contributed by atoms with Gasteiger partial charge in [-0.2, -0.15) is 0 Å². The number of nitrogens with zero attached hydrogens (tertiary/aromatic N) is 1. The maximum absolute atomic E-state index is 5.95. The van der Waals surface area contributed by atoms with Crippen molar-refractivity contribution in [3.63, 3.8) is 0 Å². The summed E-state index contributed by atoms with van der Waals surface area (Å²) in [5.74, 6) is 0. The van der Waals surface area contributed by atoms with Crippen molar-refractivity contribution < 1.29 is 4.74 Å². The van der Waals surface area contributed by atoms with Gasteiger partial charge in [0.1, 0.15) is 0 Å². The molecule has 1 aromatic carbocycles. The Balaban J connectivity index is 2.75. The zero-order valence-electron chi connectivity index (χ0n) is 11.9. The van der Waals surface area contributed by atoms with Crippen LogP contribution in [0.25, 0.3) is 0 Å². The first-order chi connectivity index (χ1) is 8.74. The maximum atomic E-state index is 5.95. The van der Waals surface area contributed by atoms with Gasteiger partial charge in [-0.05, 0) is 31.5 Å². The van der Waals surface area contributed by atoms with Crippen LogP contribution in [-0.2, 0) is 11.2 Å². The molecule has 0 amide bonds. The molecule has 0 aliphatic rings. The minimum Gasteiger partial charge on any atom is -0.380 e. The Labute approximate surface area is 111 Å². The molecule has 3 heteroatoms. The molecule has 0 saturated carbocycles. The summed E-state index contributed by atoms with van der Waals surface area (Å²) in [5.41, 5.74) is 8.69. The van der Waals surface area contributed by atoms with Gasteiger partial charge in [0, 0.05) is 25.7 Å². The van der Waals surface area contributed by atoms with E-state index < -0.39 is 0 Å². The third-order valence-corrected chi connectivity index (χ3v) is 3.34. The molecule has 1 atom stereocenters. The normalized spacial score (nSPS) is 12.9. The first-order valence-corrected chi connectivity index (χ1v) is 6.80. The summed E-state index contributed by atoms with van der Waals surface area (Å²) in [7, 11) is 2.11. The number of benzene rings is 1. The molecule has 1 rings (SSSR count). The molecule has 0 aliphatic carbocycles. The first-order valence-electron chi connectivity index (χ1n) is 6.80. The molecular formula is C15H26N2O. The van der Waals surface area contributed by atoms with Crippen molar-refractivity contribution in [1.82, 2.24) is 4.90 Å². The lowest BCUT2D eigenvalue weighted by Gasteiger charge is -2.28. The standard InChI is InChI=1S/C15H26N2O/c1-4-13-8-6-7-9-14(13)15(12-16)17(3)10-11-18-5-2/h6-9,15H,4-5,10-12,16H2,1-3H3. The zero-order valence-corrected chi connectivity index (χ0v) is 11.9. The Bertz CT molecular complexity index is 341. The van der Waals surface area contributed by atoms with E-state index in [9.17, 15) is 0 Å².